The highest BCUT2D eigenvalue weighted by molar-refractivity contribution is 5.89. The van der Waals surface area contributed by atoms with E-state index in [9.17, 15) is 14.4 Å². The Balaban J connectivity index is 2.78. The molecule has 0 aliphatic rings. The highest BCUT2D eigenvalue weighted by Gasteiger charge is 2.27. The fraction of sp³-hybridized carbons (Fsp3) is 0.571. The lowest BCUT2D eigenvalue weighted by Crippen LogP contribution is -2.52. The van der Waals surface area contributed by atoms with Gasteiger partial charge in [0.2, 0.25) is 5.91 Å². The molecule has 0 aliphatic carbocycles. The first kappa shape index (κ1) is 18.5. The lowest BCUT2D eigenvalue weighted by Gasteiger charge is -2.23. The summed E-state index contributed by atoms with van der Waals surface area (Å²) in [4.78, 5) is 41.6. The normalized spacial score (nSPS) is 13.7. The van der Waals surface area contributed by atoms with Crippen molar-refractivity contribution in [2.24, 2.45) is 0 Å². The second-order valence-corrected chi connectivity index (χ2v) is 6.05. The van der Waals surface area contributed by atoms with Gasteiger partial charge >= 0.3 is 12.1 Å². The van der Waals surface area contributed by atoms with Crippen molar-refractivity contribution in [3.05, 3.63) is 18.2 Å². The van der Waals surface area contributed by atoms with Crippen molar-refractivity contribution < 1.29 is 24.2 Å². The Labute approximate surface area is 133 Å². The molecular formula is C14H22N4O5. The Kier molecular flexibility index (Phi) is 6.11. The Hall–Kier alpha value is -2.58. The van der Waals surface area contributed by atoms with Crippen LogP contribution in [0, 0.1) is 0 Å². The molecule has 0 aliphatic heterocycles. The van der Waals surface area contributed by atoms with E-state index >= 15 is 0 Å². The Morgan fingerprint density at radius 1 is 1.35 bits per heavy atom. The van der Waals surface area contributed by atoms with Gasteiger partial charge in [0.15, 0.2) is 0 Å². The van der Waals surface area contributed by atoms with Crippen LogP contribution in [0.3, 0.4) is 0 Å². The number of imidazole rings is 1. The smallest absolute Gasteiger partial charge is 0.408 e. The maximum atomic E-state index is 12.2. The van der Waals surface area contributed by atoms with Crippen LogP contribution in [0.1, 0.15) is 33.4 Å². The number of aromatic amines is 1. The first-order valence-corrected chi connectivity index (χ1v) is 7.08. The lowest BCUT2D eigenvalue weighted by atomic mass is 10.1. The largest absolute Gasteiger partial charge is 0.480 e. The molecule has 0 spiro atoms. The van der Waals surface area contributed by atoms with E-state index in [4.69, 9.17) is 9.84 Å². The SMILES string of the molecule is C[C@H](NC(=O)[C@H](Cc1cnc[nH]1)NC(=O)OC(C)(C)C)C(=O)O. The average molecular weight is 326 g/mol. The molecule has 2 amide bonds. The Morgan fingerprint density at radius 2 is 2.00 bits per heavy atom. The molecule has 1 heterocycles. The number of carboxylic acid groups (broad SMARTS) is 1. The van der Waals surface area contributed by atoms with E-state index in [0.717, 1.165) is 0 Å². The number of carboxylic acids is 1. The van der Waals surface area contributed by atoms with Crippen molar-refractivity contribution in [2.75, 3.05) is 0 Å². The number of nitrogens with zero attached hydrogens (tertiary/aromatic N) is 1. The number of rotatable bonds is 6. The van der Waals surface area contributed by atoms with Gasteiger partial charge in [-0.3, -0.25) is 9.59 Å². The molecule has 23 heavy (non-hydrogen) atoms. The van der Waals surface area contributed by atoms with Crippen LogP contribution in [0.5, 0.6) is 0 Å². The minimum Gasteiger partial charge on any atom is -0.480 e. The fourth-order valence-electron chi connectivity index (χ4n) is 1.65. The molecule has 1 rings (SSSR count). The van der Waals surface area contributed by atoms with E-state index in [1.165, 1.54) is 19.4 Å². The van der Waals surface area contributed by atoms with Crippen LogP contribution in [0.2, 0.25) is 0 Å². The molecule has 1 aromatic heterocycles. The van der Waals surface area contributed by atoms with Crippen LogP contribution in [0.4, 0.5) is 4.79 Å². The summed E-state index contributed by atoms with van der Waals surface area (Å²) < 4.78 is 5.12. The molecule has 0 fully saturated rings. The van der Waals surface area contributed by atoms with E-state index in [1.54, 1.807) is 20.8 Å². The second-order valence-electron chi connectivity index (χ2n) is 6.05. The molecule has 0 radical (unpaired) electrons. The molecule has 1 aromatic rings. The molecule has 9 heteroatoms. The second kappa shape index (κ2) is 7.61. The quantitative estimate of drug-likeness (QED) is 0.599. The predicted octanol–water partition coefficient (Wildman–Crippen LogP) is 0.435. The molecule has 0 aromatic carbocycles. The topological polar surface area (TPSA) is 133 Å². The van der Waals surface area contributed by atoms with E-state index in [0.29, 0.717) is 5.69 Å². The Bertz CT molecular complexity index is 550. The number of amides is 2. The number of carbonyl (C=O) groups excluding carboxylic acids is 2. The number of nitrogens with one attached hydrogen (secondary N) is 3. The lowest BCUT2D eigenvalue weighted by molar-refractivity contribution is -0.141. The predicted molar refractivity (Wildman–Crippen MR) is 80.7 cm³/mol. The van der Waals surface area contributed by atoms with Crippen molar-refractivity contribution >= 4 is 18.0 Å². The van der Waals surface area contributed by atoms with E-state index < -0.39 is 35.7 Å². The molecule has 9 nitrogen and oxygen atoms in total. The van der Waals surface area contributed by atoms with Crippen molar-refractivity contribution in [1.29, 1.82) is 0 Å². The number of hydrogen-bond acceptors (Lipinski definition) is 5. The first-order chi connectivity index (χ1) is 10.6. The number of aliphatic carboxylic acids is 1. The van der Waals surface area contributed by atoms with Gasteiger partial charge < -0.3 is 25.5 Å². The van der Waals surface area contributed by atoms with Gasteiger partial charge in [0.25, 0.3) is 0 Å². The summed E-state index contributed by atoms with van der Waals surface area (Å²) in [6.45, 7) is 6.43. The summed E-state index contributed by atoms with van der Waals surface area (Å²) in [5.41, 5.74) is -0.0998. The third-order valence-corrected chi connectivity index (χ3v) is 2.72. The van der Waals surface area contributed by atoms with Crippen LogP contribution in [0.25, 0.3) is 0 Å². The van der Waals surface area contributed by atoms with Crippen LogP contribution in [-0.4, -0.2) is 50.7 Å². The van der Waals surface area contributed by atoms with Gasteiger partial charge in [0.1, 0.15) is 17.7 Å². The van der Waals surface area contributed by atoms with Gasteiger partial charge in [-0.1, -0.05) is 0 Å². The van der Waals surface area contributed by atoms with Gasteiger partial charge in [-0.25, -0.2) is 9.78 Å². The van der Waals surface area contributed by atoms with E-state index in [1.807, 2.05) is 0 Å². The number of aromatic nitrogens is 2. The number of hydrogen-bond donors (Lipinski definition) is 4. The first-order valence-electron chi connectivity index (χ1n) is 7.08. The highest BCUT2D eigenvalue weighted by atomic mass is 16.6. The standard InChI is InChI=1S/C14H22N4O5/c1-8(12(20)21)17-11(19)10(5-9-6-15-7-16-9)18-13(22)23-14(2,3)4/h6-8,10H,5H2,1-4H3,(H,15,16)(H,17,19)(H,18,22)(H,20,21)/t8-,10-/m0/s1. The summed E-state index contributed by atoms with van der Waals surface area (Å²) in [5, 5.41) is 13.6. The highest BCUT2D eigenvalue weighted by Crippen LogP contribution is 2.08. The molecule has 4 N–H and O–H groups in total. The summed E-state index contributed by atoms with van der Waals surface area (Å²) in [6.07, 6.45) is 2.31. The zero-order chi connectivity index (χ0) is 17.6. The van der Waals surface area contributed by atoms with Gasteiger partial charge in [-0.05, 0) is 27.7 Å². The summed E-state index contributed by atoms with van der Waals surface area (Å²) in [6, 6.07) is -2.07. The number of H-pyrrole nitrogens is 1. The average Bonchev–Trinajstić information content (AvgIpc) is 2.88. The summed E-state index contributed by atoms with van der Waals surface area (Å²) in [5.74, 6) is -1.80. The molecular weight excluding hydrogens is 304 g/mol. The van der Waals surface area contributed by atoms with Crippen LogP contribution in [0.15, 0.2) is 12.5 Å². The third kappa shape index (κ3) is 6.81. The maximum Gasteiger partial charge on any atom is 0.408 e. The maximum absolute atomic E-state index is 12.2. The van der Waals surface area contributed by atoms with E-state index in [-0.39, 0.29) is 6.42 Å². The monoisotopic (exact) mass is 326 g/mol. The molecule has 2 atom stereocenters. The number of alkyl carbamates (subject to hydrolysis) is 1. The zero-order valence-electron chi connectivity index (χ0n) is 13.5. The molecule has 0 bridgehead atoms. The third-order valence-electron chi connectivity index (χ3n) is 2.72. The Morgan fingerprint density at radius 3 is 2.48 bits per heavy atom. The van der Waals surface area contributed by atoms with Crippen molar-refractivity contribution in [3.63, 3.8) is 0 Å². The fourth-order valence-corrected chi connectivity index (χ4v) is 1.65. The van der Waals surface area contributed by atoms with Gasteiger partial charge in [0.05, 0.1) is 6.33 Å². The van der Waals surface area contributed by atoms with Crippen molar-refractivity contribution in [3.8, 4) is 0 Å². The molecule has 0 saturated carbocycles. The van der Waals surface area contributed by atoms with E-state index in [2.05, 4.69) is 20.6 Å². The zero-order valence-corrected chi connectivity index (χ0v) is 13.5. The minimum absolute atomic E-state index is 0.122. The summed E-state index contributed by atoms with van der Waals surface area (Å²) in [7, 11) is 0. The number of carbonyl (C=O) groups is 3. The summed E-state index contributed by atoms with van der Waals surface area (Å²) >= 11 is 0. The van der Waals surface area contributed by atoms with Gasteiger partial charge in [0, 0.05) is 18.3 Å². The molecule has 128 valence electrons. The van der Waals surface area contributed by atoms with Crippen LogP contribution >= 0.6 is 0 Å². The molecule has 0 saturated heterocycles. The van der Waals surface area contributed by atoms with Gasteiger partial charge in [-0.2, -0.15) is 0 Å². The van der Waals surface area contributed by atoms with Crippen molar-refractivity contribution in [1.82, 2.24) is 20.6 Å². The van der Waals surface area contributed by atoms with Crippen molar-refractivity contribution in [2.45, 2.75) is 51.8 Å². The number of ether oxygens (including phenoxy) is 1. The van der Waals surface area contributed by atoms with Crippen LogP contribution < -0.4 is 10.6 Å². The minimum atomic E-state index is -1.17. The van der Waals surface area contributed by atoms with Crippen LogP contribution in [-0.2, 0) is 20.7 Å². The molecule has 0 unspecified atom stereocenters. The van der Waals surface area contributed by atoms with Gasteiger partial charge in [-0.15, -0.1) is 0 Å².